The van der Waals surface area contributed by atoms with E-state index in [9.17, 15) is 9.59 Å². The molecular weight excluding hydrogens is 174 g/mol. The van der Waals surface area contributed by atoms with Crippen molar-refractivity contribution in [1.29, 1.82) is 0 Å². The summed E-state index contributed by atoms with van der Waals surface area (Å²) in [6.45, 7) is 5.86. The van der Waals surface area contributed by atoms with Gasteiger partial charge in [-0.3, -0.25) is 9.59 Å². The highest BCUT2D eigenvalue weighted by atomic mass is 32.1. The standard InChI is InChI=1S/C8H13NO2S/c1-8(2,3)5-4-6(10)9(12)7(5)11/h5,12H,4H2,1-3H3. The second-order valence-corrected chi connectivity index (χ2v) is 4.57. The molecule has 0 radical (unpaired) electrons. The Labute approximate surface area is 77.7 Å². The van der Waals surface area contributed by atoms with Gasteiger partial charge in [0.1, 0.15) is 0 Å². The summed E-state index contributed by atoms with van der Waals surface area (Å²) in [6.07, 6.45) is 0.297. The average Bonchev–Trinajstić information content (AvgIpc) is 2.15. The van der Waals surface area contributed by atoms with Crippen LogP contribution in [0.3, 0.4) is 0 Å². The number of thiol groups is 1. The number of hydrogen-bond acceptors (Lipinski definition) is 3. The van der Waals surface area contributed by atoms with Gasteiger partial charge in [0.15, 0.2) is 0 Å². The Morgan fingerprint density at radius 2 is 1.92 bits per heavy atom. The lowest BCUT2D eigenvalue weighted by Gasteiger charge is -2.23. The number of carbonyl (C=O) groups is 2. The van der Waals surface area contributed by atoms with Crippen molar-refractivity contribution in [2.24, 2.45) is 11.3 Å². The molecule has 1 saturated heterocycles. The van der Waals surface area contributed by atoms with E-state index in [4.69, 9.17) is 0 Å². The molecule has 1 atom stereocenters. The van der Waals surface area contributed by atoms with E-state index in [2.05, 4.69) is 12.8 Å². The van der Waals surface area contributed by atoms with E-state index in [1.807, 2.05) is 20.8 Å². The summed E-state index contributed by atoms with van der Waals surface area (Å²) in [5.41, 5.74) is -0.149. The molecule has 68 valence electrons. The Morgan fingerprint density at radius 3 is 2.08 bits per heavy atom. The third-order valence-corrected chi connectivity index (χ3v) is 2.59. The summed E-state index contributed by atoms with van der Waals surface area (Å²) in [7, 11) is 0. The van der Waals surface area contributed by atoms with Crippen molar-refractivity contribution in [1.82, 2.24) is 4.31 Å². The first kappa shape index (κ1) is 9.58. The molecule has 0 spiro atoms. The summed E-state index contributed by atoms with van der Waals surface area (Å²) in [5.74, 6) is -0.568. The lowest BCUT2D eigenvalue weighted by Crippen LogP contribution is -2.28. The minimum absolute atomic E-state index is 0.149. The molecule has 4 heteroatoms. The van der Waals surface area contributed by atoms with Crippen molar-refractivity contribution >= 4 is 24.6 Å². The quantitative estimate of drug-likeness (QED) is 0.458. The fourth-order valence-electron chi connectivity index (χ4n) is 1.30. The van der Waals surface area contributed by atoms with Crippen molar-refractivity contribution in [3.63, 3.8) is 0 Å². The molecule has 1 unspecified atom stereocenters. The molecule has 1 rings (SSSR count). The summed E-state index contributed by atoms with van der Waals surface area (Å²) >= 11 is 3.81. The molecule has 12 heavy (non-hydrogen) atoms. The van der Waals surface area contributed by atoms with Crippen LogP contribution >= 0.6 is 12.8 Å². The molecule has 1 aliphatic heterocycles. The number of imide groups is 1. The second-order valence-electron chi connectivity index (χ2n) is 4.17. The highest BCUT2D eigenvalue weighted by Crippen LogP contribution is 2.35. The van der Waals surface area contributed by atoms with Gasteiger partial charge in [0.05, 0.1) is 5.92 Å². The maximum absolute atomic E-state index is 11.4. The van der Waals surface area contributed by atoms with Crippen LogP contribution in [0.1, 0.15) is 27.2 Å². The SMILES string of the molecule is CC(C)(C)C1CC(=O)N(S)C1=O. The molecule has 1 fully saturated rings. The summed E-state index contributed by atoms with van der Waals surface area (Å²) in [4.78, 5) is 22.5. The highest BCUT2D eigenvalue weighted by molar-refractivity contribution is 7.79. The van der Waals surface area contributed by atoms with Crippen LogP contribution < -0.4 is 0 Å². The molecule has 1 heterocycles. The van der Waals surface area contributed by atoms with E-state index in [1.54, 1.807) is 0 Å². The van der Waals surface area contributed by atoms with Gasteiger partial charge in [-0.05, 0) is 5.41 Å². The fraction of sp³-hybridized carbons (Fsp3) is 0.750. The number of hydrogen-bond donors (Lipinski definition) is 1. The third-order valence-electron chi connectivity index (χ3n) is 2.17. The number of amides is 2. The van der Waals surface area contributed by atoms with E-state index in [1.165, 1.54) is 0 Å². The smallest absolute Gasteiger partial charge is 0.243 e. The van der Waals surface area contributed by atoms with Crippen LogP contribution in [0.2, 0.25) is 0 Å². The molecule has 0 aromatic rings. The maximum Gasteiger partial charge on any atom is 0.243 e. The molecule has 0 bridgehead atoms. The van der Waals surface area contributed by atoms with Gasteiger partial charge in [0, 0.05) is 6.42 Å². The van der Waals surface area contributed by atoms with Crippen molar-refractivity contribution in [3.8, 4) is 0 Å². The van der Waals surface area contributed by atoms with E-state index in [0.717, 1.165) is 4.31 Å². The van der Waals surface area contributed by atoms with Gasteiger partial charge >= 0.3 is 0 Å². The zero-order chi connectivity index (χ0) is 9.52. The number of nitrogens with zero attached hydrogens (tertiary/aromatic N) is 1. The molecule has 0 aliphatic carbocycles. The van der Waals surface area contributed by atoms with Crippen LogP contribution in [-0.4, -0.2) is 16.1 Å². The fourth-order valence-corrected chi connectivity index (χ4v) is 1.52. The van der Waals surface area contributed by atoms with Crippen molar-refractivity contribution in [2.45, 2.75) is 27.2 Å². The van der Waals surface area contributed by atoms with Gasteiger partial charge in [-0.2, -0.15) is 0 Å². The Hall–Kier alpha value is -0.510. The van der Waals surface area contributed by atoms with Crippen LogP contribution in [0.4, 0.5) is 0 Å². The summed E-state index contributed by atoms with van der Waals surface area (Å²) in [6, 6.07) is 0. The minimum Gasteiger partial charge on any atom is -0.273 e. The topological polar surface area (TPSA) is 37.4 Å². The normalized spacial score (nSPS) is 25.3. The van der Waals surface area contributed by atoms with Gasteiger partial charge in [-0.15, -0.1) is 0 Å². The van der Waals surface area contributed by atoms with Gasteiger partial charge < -0.3 is 0 Å². The van der Waals surface area contributed by atoms with Crippen LogP contribution in [-0.2, 0) is 9.59 Å². The average molecular weight is 187 g/mol. The molecule has 0 N–H and O–H groups in total. The van der Waals surface area contributed by atoms with Crippen molar-refractivity contribution < 1.29 is 9.59 Å². The Morgan fingerprint density at radius 1 is 1.42 bits per heavy atom. The third kappa shape index (κ3) is 1.48. The van der Waals surface area contributed by atoms with Crippen LogP contribution in [0.5, 0.6) is 0 Å². The highest BCUT2D eigenvalue weighted by Gasteiger charge is 2.43. The van der Waals surface area contributed by atoms with Crippen molar-refractivity contribution in [2.75, 3.05) is 0 Å². The molecule has 3 nitrogen and oxygen atoms in total. The van der Waals surface area contributed by atoms with Gasteiger partial charge in [-0.25, -0.2) is 4.31 Å². The molecule has 0 aromatic carbocycles. The zero-order valence-corrected chi connectivity index (χ0v) is 8.39. The largest absolute Gasteiger partial charge is 0.273 e. The van der Waals surface area contributed by atoms with E-state index in [0.29, 0.717) is 6.42 Å². The Kier molecular flexibility index (Phi) is 2.21. The van der Waals surface area contributed by atoms with Crippen LogP contribution in [0, 0.1) is 11.3 Å². The minimum atomic E-state index is -0.206. The first-order chi connectivity index (χ1) is 5.34. The van der Waals surface area contributed by atoms with E-state index >= 15 is 0 Å². The lowest BCUT2D eigenvalue weighted by atomic mass is 9.80. The van der Waals surface area contributed by atoms with Gasteiger partial charge in [0.2, 0.25) is 11.8 Å². The number of rotatable bonds is 0. The first-order valence-corrected chi connectivity index (χ1v) is 4.29. The zero-order valence-electron chi connectivity index (χ0n) is 7.50. The molecule has 0 aromatic heterocycles. The molecule has 2 amide bonds. The molecular formula is C8H13NO2S. The van der Waals surface area contributed by atoms with Gasteiger partial charge in [-0.1, -0.05) is 33.6 Å². The van der Waals surface area contributed by atoms with Crippen molar-refractivity contribution in [3.05, 3.63) is 0 Å². The maximum atomic E-state index is 11.4. The van der Waals surface area contributed by atoms with Gasteiger partial charge in [0.25, 0.3) is 0 Å². The first-order valence-electron chi connectivity index (χ1n) is 3.89. The lowest BCUT2D eigenvalue weighted by molar-refractivity contribution is -0.133. The molecule has 0 saturated carbocycles. The Balaban J connectivity index is 2.86. The van der Waals surface area contributed by atoms with Crippen LogP contribution in [0.15, 0.2) is 0 Å². The predicted molar refractivity (Wildman–Crippen MR) is 48.4 cm³/mol. The van der Waals surface area contributed by atoms with E-state index in [-0.39, 0.29) is 23.1 Å². The van der Waals surface area contributed by atoms with E-state index < -0.39 is 0 Å². The predicted octanol–water partition coefficient (Wildman–Crippen LogP) is 1.25. The Bertz CT molecular complexity index is 232. The summed E-state index contributed by atoms with van der Waals surface area (Å²) in [5, 5.41) is 0. The van der Waals surface area contributed by atoms with Crippen LogP contribution in [0.25, 0.3) is 0 Å². The molecule has 1 aliphatic rings. The monoisotopic (exact) mass is 187 g/mol. The second kappa shape index (κ2) is 2.76. The number of carbonyl (C=O) groups excluding carboxylic acids is 2. The summed E-state index contributed by atoms with van der Waals surface area (Å²) < 4.78 is 0.927.